The molecule has 4 nitrogen and oxygen atoms in total. The number of carbonyl (C=O) groups is 1. The monoisotopic (exact) mass is 382 g/mol. The normalized spacial score (nSPS) is 10.7. The minimum Gasteiger partial charge on any atom is -0.455 e. The topological polar surface area (TPSA) is 51.2 Å². The Labute approximate surface area is 170 Å². The summed E-state index contributed by atoms with van der Waals surface area (Å²) < 4.78 is 5.94. The van der Waals surface area contributed by atoms with Crippen molar-refractivity contribution >= 4 is 22.5 Å². The van der Waals surface area contributed by atoms with Crippen LogP contribution in [0.4, 0.5) is 5.69 Å². The fourth-order valence-corrected chi connectivity index (χ4v) is 3.46. The highest BCUT2D eigenvalue weighted by Crippen LogP contribution is 2.29. The Morgan fingerprint density at radius 3 is 2.41 bits per heavy atom. The zero-order valence-corrected chi connectivity index (χ0v) is 16.5. The summed E-state index contributed by atoms with van der Waals surface area (Å²) in [5.74, 6) is 1.23. The molecule has 4 heteroatoms. The van der Waals surface area contributed by atoms with Gasteiger partial charge in [-0.25, -0.2) is 0 Å². The predicted molar refractivity (Wildman–Crippen MR) is 117 cm³/mol. The SMILES string of the molecule is Cc1nc2ccccc2c(C)c1CC(=O)Nc1ccccc1Oc1ccccc1. The number of nitrogens with one attached hydrogen (secondary N) is 1. The van der Waals surface area contributed by atoms with Crippen LogP contribution < -0.4 is 10.1 Å². The summed E-state index contributed by atoms with van der Waals surface area (Å²) in [6, 6.07) is 25.0. The van der Waals surface area contributed by atoms with Gasteiger partial charge >= 0.3 is 0 Å². The van der Waals surface area contributed by atoms with Gasteiger partial charge in [0.05, 0.1) is 17.6 Å². The van der Waals surface area contributed by atoms with Crippen LogP contribution >= 0.6 is 0 Å². The Hall–Kier alpha value is -3.66. The van der Waals surface area contributed by atoms with Crippen LogP contribution in [0.2, 0.25) is 0 Å². The molecule has 0 saturated heterocycles. The Kier molecular flexibility index (Phi) is 5.25. The van der Waals surface area contributed by atoms with E-state index in [9.17, 15) is 4.79 Å². The predicted octanol–water partition coefficient (Wildman–Crippen LogP) is 5.83. The molecule has 0 radical (unpaired) electrons. The van der Waals surface area contributed by atoms with Crippen molar-refractivity contribution in [3.63, 3.8) is 0 Å². The number of aromatic nitrogens is 1. The van der Waals surface area contributed by atoms with Crippen LogP contribution in [0.5, 0.6) is 11.5 Å². The summed E-state index contributed by atoms with van der Waals surface area (Å²) in [6.45, 7) is 4.00. The van der Waals surface area contributed by atoms with Crippen molar-refractivity contribution < 1.29 is 9.53 Å². The maximum Gasteiger partial charge on any atom is 0.228 e. The molecule has 0 aliphatic carbocycles. The number of carbonyl (C=O) groups excluding carboxylic acids is 1. The molecule has 4 rings (SSSR count). The number of anilines is 1. The number of pyridine rings is 1. The number of hydrogen-bond acceptors (Lipinski definition) is 3. The molecule has 29 heavy (non-hydrogen) atoms. The minimum atomic E-state index is -0.0996. The van der Waals surface area contributed by atoms with Crippen LogP contribution in [-0.2, 0) is 11.2 Å². The average Bonchev–Trinajstić information content (AvgIpc) is 2.73. The highest BCUT2D eigenvalue weighted by molar-refractivity contribution is 5.95. The lowest BCUT2D eigenvalue weighted by molar-refractivity contribution is -0.115. The van der Waals surface area contributed by atoms with Gasteiger partial charge in [0.25, 0.3) is 0 Å². The molecule has 0 spiro atoms. The van der Waals surface area contributed by atoms with Gasteiger partial charge in [0, 0.05) is 11.1 Å². The van der Waals surface area contributed by atoms with E-state index >= 15 is 0 Å². The van der Waals surface area contributed by atoms with Crippen LogP contribution in [-0.4, -0.2) is 10.9 Å². The van der Waals surface area contributed by atoms with Crippen molar-refractivity contribution in [2.75, 3.05) is 5.32 Å². The summed E-state index contributed by atoms with van der Waals surface area (Å²) in [6.07, 6.45) is 0.259. The van der Waals surface area contributed by atoms with Gasteiger partial charge in [-0.3, -0.25) is 9.78 Å². The fourth-order valence-electron chi connectivity index (χ4n) is 3.46. The van der Waals surface area contributed by atoms with Gasteiger partial charge in [-0.2, -0.15) is 0 Å². The number of benzene rings is 3. The molecule has 4 aromatic rings. The molecule has 0 aliphatic heterocycles. The van der Waals surface area contributed by atoms with Gasteiger partial charge < -0.3 is 10.1 Å². The molecule has 0 bridgehead atoms. The van der Waals surface area contributed by atoms with Crippen molar-refractivity contribution in [3.8, 4) is 11.5 Å². The zero-order valence-electron chi connectivity index (χ0n) is 16.5. The van der Waals surface area contributed by atoms with E-state index in [0.29, 0.717) is 11.4 Å². The highest BCUT2D eigenvalue weighted by Gasteiger charge is 2.14. The number of ether oxygens (including phenoxy) is 1. The number of amides is 1. The summed E-state index contributed by atoms with van der Waals surface area (Å²) >= 11 is 0. The first-order valence-corrected chi connectivity index (χ1v) is 9.58. The van der Waals surface area contributed by atoms with E-state index in [1.165, 1.54) is 0 Å². The molecule has 0 atom stereocenters. The van der Waals surface area contributed by atoms with Crippen LogP contribution in [0.15, 0.2) is 78.9 Å². The van der Waals surface area contributed by atoms with Gasteiger partial charge in [-0.05, 0) is 55.3 Å². The molecular weight excluding hydrogens is 360 g/mol. The maximum atomic E-state index is 12.8. The summed E-state index contributed by atoms with van der Waals surface area (Å²) in [7, 11) is 0. The number of aryl methyl sites for hydroxylation is 2. The smallest absolute Gasteiger partial charge is 0.228 e. The maximum absolute atomic E-state index is 12.8. The van der Waals surface area contributed by atoms with E-state index in [0.717, 1.165) is 33.5 Å². The Bertz CT molecular complexity index is 1170. The second kappa shape index (κ2) is 8.15. The average molecular weight is 382 g/mol. The number of nitrogens with zero attached hydrogens (tertiary/aromatic N) is 1. The van der Waals surface area contributed by atoms with E-state index in [1.54, 1.807) is 0 Å². The lowest BCUT2D eigenvalue weighted by Crippen LogP contribution is -2.17. The van der Waals surface area contributed by atoms with E-state index < -0.39 is 0 Å². The second-order valence-electron chi connectivity index (χ2n) is 6.95. The van der Waals surface area contributed by atoms with E-state index in [1.807, 2.05) is 92.7 Å². The van der Waals surface area contributed by atoms with Gasteiger partial charge in [-0.15, -0.1) is 0 Å². The molecule has 1 amide bonds. The Balaban J connectivity index is 1.56. The molecule has 1 N–H and O–H groups in total. The molecule has 1 heterocycles. The number of hydrogen-bond donors (Lipinski definition) is 1. The minimum absolute atomic E-state index is 0.0996. The van der Waals surface area contributed by atoms with Crippen LogP contribution in [0.3, 0.4) is 0 Å². The summed E-state index contributed by atoms with van der Waals surface area (Å²) in [4.78, 5) is 17.5. The fraction of sp³-hybridized carbons (Fsp3) is 0.120. The van der Waals surface area contributed by atoms with E-state index in [4.69, 9.17) is 4.74 Å². The second-order valence-corrected chi connectivity index (χ2v) is 6.95. The third kappa shape index (κ3) is 4.11. The van der Waals surface area contributed by atoms with E-state index in [-0.39, 0.29) is 12.3 Å². The van der Waals surface area contributed by atoms with Crippen molar-refractivity contribution in [1.29, 1.82) is 0 Å². The highest BCUT2D eigenvalue weighted by atomic mass is 16.5. The molecular formula is C25H22N2O2. The third-order valence-corrected chi connectivity index (χ3v) is 4.96. The summed E-state index contributed by atoms with van der Waals surface area (Å²) in [5, 5.41) is 4.07. The zero-order chi connectivity index (χ0) is 20.2. The van der Waals surface area contributed by atoms with Gasteiger partial charge in [0.15, 0.2) is 5.75 Å². The van der Waals surface area contributed by atoms with Crippen molar-refractivity contribution in [2.24, 2.45) is 0 Å². The molecule has 1 aromatic heterocycles. The third-order valence-electron chi connectivity index (χ3n) is 4.96. The van der Waals surface area contributed by atoms with Crippen LogP contribution in [0.1, 0.15) is 16.8 Å². The standard InChI is InChI=1S/C25H22N2O2/c1-17-20-12-6-7-13-22(20)26-18(2)21(17)16-25(28)27-23-14-8-9-15-24(23)29-19-10-4-3-5-11-19/h3-15H,16H2,1-2H3,(H,27,28). The number of fused-ring (bicyclic) bond motifs is 1. The van der Waals surface area contributed by atoms with Crippen LogP contribution in [0.25, 0.3) is 10.9 Å². The largest absolute Gasteiger partial charge is 0.455 e. The molecule has 0 saturated carbocycles. The van der Waals surface area contributed by atoms with Gasteiger partial charge in [-0.1, -0.05) is 48.5 Å². The molecule has 0 fully saturated rings. The lowest BCUT2D eigenvalue weighted by Gasteiger charge is -2.14. The number of para-hydroxylation sites is 4. The first-order valence-electron chi connectivity index (χ1n) is 9.58. The molecule has 0 aliphatic rings. The molecule has 3 aromatic carbocycles. The first kappa shape index (κ1) is 18.7. The Morgan fingerprint density at radius 2 is 1.59 bits per heavy atom. The lowest BCUT2D eigenvalue weighted by atomic mass is 9.99. The van der Waals surface area contributed by atoms with Crippen LogP contribution in [0, 0.1) is 13.8 Å². The van der Waals surface area contributed by atoms with Crippen molar-refractivity contribution in [1.82, 2.24) is 4.98 Å². The van der Waals surface area contributed by atoms with E-state index in [2.05, 4.69) is 10.3 Å². The number of rotatable bonds is 5. The molecule has 144 valence electrons. The summed E-state index contributed by atoms with van der Waals surface area (Å²) in [5.41, 5.74) is 4.53. The van der Waals surface area contributed by atoms with Crippen molar-refractivity contribution in [3.05, 3.63) is 95.7 Å². The Morgan fingerprint density at radius 1 is 0.897 bits per heavy atom. The molecule has 0 unspecified atom stereocenters. The van der Waals surface area contributed by atoms with Gasteiger partial charge in [0.2, 0.25) is 5.91 Å². The van der Waals surface area contributed by atoms with Crippen molar-refractivity contribution in [2.45, 2.75) is 20.3 Å². The quantitative estimate of drug-likeness (QED) is 0.473. The van der Waals surface area contributed by atoms with Gasteiger partial charge in [0.1, 0.15) is 5.75 Å². The first-order chi connectivity index (χ1) is 14.1.